The second-order valence-corrected chi connectivity index (χ2v) is 7.08. The molecule has 0 aromatic carbocycles. The number of rotatable bonds is 3. The molecule has 0 spiro atoms. The van der Waals surface area contributed by atoms with E-state index in [1.54, 1.807) is 6.20 Å². The average Bonchev–Trinajstić information content (AvgIpc) is 3.12. The molecule has 1 atom stereocenters. The summed E-state index contributed by atoms with van der Waals surface area (Å²) >= 11 is 3.49. The van der Waals surface area contributed by atoms with Crippen LogP contribution >= 0.6 is 15.9 Å². The van der Waals surface area contributed by atoms with Gasteiger partial charge < -0.3 is 19.4 Å². The second-order valence-electron chi connectivity index (χ2n) is 6.16. The number of hydrogen-bond acceptors (Lipinski definition) is 3. The Morgan fingerprint density at radius 2 is 2.26 bits per heavy atom. The van der Waals surface area contributed by atoms with E-state index < -0.39 is 0 Å². The topological polar surface area (TPSA) is 55.1 Å². The Kier molecular flexibility index (Phi) is 4.59. The highest BCUT2D eigenvalue weighted by Gasteiger charge is 2.32. The van der Waals surface area contributed by atoms with Gasteiger partial charge in [-0.25, -0.2) is 4.98 Å². The normalized spacial score (nSPS) is 18.7. The largest absolute Gasteiger partial charge is 0.340 e. The number of carbonyl (C=O) groups excluding carboxylic acids is 1. The molecule has 3 heterocycles. The maximum Gasteiger partial charge on any atom is 0.271 e. The molecule has 1 saturated heterocycles. The van der Waals surface area contributed by atoms with Crippen LogP contribution in [0.4, 0.5) is 0 Å². The Morgan fingerprint density at radius 3 is 2.91 bits per heavy atom. The highest BCUT2D eigenvalue weighted by Crippen LogP contribution is 2.26. The lowest BCUT2D eigenvalue weighted by molar-refractivity contribution is 0.0608. The number of nitrogens with one attached hydrogen (secondary N) is 1. The molecule has 1 aliphatic rings. The first-order valence-electron chi connectivity index (χ1n) is 7.85. The van der Waals surface area contributed by atoms with Crippen molar-refractivity contribution in [2.45, 2.75) is 25.9 Å². The van der Waals surface area contributed by atoms with Crippen LogP contribution in [0.25, 0.3) is 0 Å². The lowest BCUT2D eigenvalue weighted by Crippen LogP contribution is -2.49. The molecule has 7 heteroatoms. The zero-order valence-electron chi connectivity index (χ0n) is 13.7. The van der Waals surface area contributed by atoms with Crippen molar-refractivity contribution in [1.82, 2.24) is 24.3 Å². The van der Waals surface area contributed by atoms with Crippen molar-refractivity contribution in [1.29, 1.82) is 0 Å². The summed E-state index contributed by atoms with van der Waals surface area (Å²) < 4.78 is 4.93. The molecule has 3 rings (SSSR count). The number of nitrogens with zero attached hydrogens (tertiary/aromatic N) is 4. The Balaban J connectivity index is 1.95. The third kappa shape index (κ3) is 3.07. The SMILES string of the molecule is CC(C)n1cc(Br)cc1C(=O)N1CCNCC1c1nccn1C. The number of amides is 1. The highest BCUT2D eigenvalue weighted by molar-refractivity contribution is 9.10. The fourth-order valence-corrected chi connectivity index (χ4v) is 3.51. The van der Waals surface area contributed by atoms with Crippen molar-refractivity contribution in [3.05, 3.63) is 40.6 Å². The number of halogens is 1. The van der Waals surface area contributed by atoms with E-state index in [0.717, 1.165) is 23.4 Å². The molecule has 2 aromatic rings. The molecule has 1 aliphatic heterocycles. The van der Waals surface area contributed by atoms with Crippen molar-refractivity contribution in [3.8, 4) is 0 Å². The Labute approximate surface area is 144 Å². The van der Waals surface area contributed by atoms with Crippen molar-refractivity contribution < 1.29 is 4.79 Å². The van der Waals surface area contributed by atoms with Crippen LogP contribution in [0.5, 0.6) is 0 Å². The van der Waals surface area contributed by atoms with E-state index in [1.807, 2.05) is 39.5 Å². The van der Waals surface area contributed by atoms with Gasteiger partial charge in [-0.05, 0) is 35.8 Å². The van der Waals surface area contributed by atoms with Gasteiger partial charge in [-0.15, -0.1) is 0 Å². The fourth-order valence-electron chi connectivity index (χ4n) is 3.07. The number of imidazole rings is 1. The van der Waals surface area contributed by atoms with Crippen LogP contribution < -0.4 is 5.32 Å². The number of piperazine rings is 1. The molecule has 1 unspecified atom stereocenters. The molecule has 0 saturated carbocycles. The average molecular weight is 380 g/mol. The summed E-state index contributed by atoms with van der Waals surface area (Å²) in [5, 5.41) is 3.37. The number of aromatic nitrogens is 3. The fraction of sp³-hybridized carbons (Fsp3) is 0.500. The van der Waals surface area contributed by atoms with Crippen molar-refractivity contribution in [2.24, 2.45) is 7.05 Å². The third-order valence-corrected chi connectivity index (χ3v) is 4.69. The van der Waals surface area contributed by atoms with Gasteiger partial charge in [0.05, 0.1) is 0 Å². The lowest BCUT2D eigenvalue weighted by Gasteiger charge is -2.36. The van der Waals surface area contributed by atoms with Crippen LogP contribution in [-0.4, -0.2) is 44.6 Å². The zero-order valence-corrected chi connectivity index (χ0v) is 15.2. The molecular formula is C16H22BrN5O. The Morgan fingerprint density at radius 1 is 1.48 bits per heavy atom. The van der Waals surface area contributed by atoms with Gasteiger partial charge in [0.2, 0.25) is 0 Å². The van der Waals surface area contributed by atoms with Gasteiger partial charge in [0.25, 0.3) is 5.91 Å². The molecule has 6 nitrogen and oxygen atoms in total. The van der Waals surface area contributed by atoms with Crippen molar-refractivity contribution in [3.63, 3.8) is 0 Å². The minimum atomic E-state index is -0.0504. The van der Waals surface area contributed by atoms with E-state index in [-0.39, 0.29) is 18.0 Å². The summed E-state index contributed by atoms with van der Waals surface area (Å²) in [5.74, 6) is 0.964. The Bertz CT molecular complexity index is 705. The van der Waals surface area contributed by atoms with Gasteiger partial charge in [-0.1, -0.05) is 0 Å². The van der Waals surface area contributed by atoms with Crippen LogP contribution in [0.2, 0.25) is 0 Å². The summed E-state index contributed by atoms with van der Waals surface area (Å²) in [6.07, 6.45) is 5.66. The molecule has 0 bridgehead atoms. The van der Waals surface area contributed by atoms with E-state index >= 15 is 0 Å². The smallest absolute Gasteiger partial charge is 0.271 e. The van der Waals surface area contributed by atoms with Gasteiger partial charge >= 0.3 is 0 Å². The number of aryl methyl sites for hydroxylation is 1. The van der Waals surface area contributed by atoms with Gasteiger partial charge in [0, 0.05) is 55.8 Å². The number of hydrogen-bond donors (Lipinski definition) is 1. The summed E-state index contributed by atoms with van der Waals surface area (Å²) in [4.78, 5) is 19.5. The monoisotopic (exact) mass is 379 g/mol. The van der Waals surface area contributed by atoms with Crippen LogP contribution in [0, 0.1) is 0 Å². The first kappa shape index (κ1) is 16.3. The highest BCUT2D eigenvalue weighted by atomic mass is 79.9. The molecule has 1 N–H and O–H groups in total. The quantitative estimate of drug-likeness (QED) is 0.890. The molecule has 1 fully saturated rings. The number of carbonyl (C=O) groups is 1. The predicted octanol–water partition coefficient (Wildman–Crippen LogP) is 2.35. The molecule has 0 aliphatic carbocycles. The van der Waals surface area contributed by atoms with Gasteiger partial charge in [0.1, 0.15) is 17.6 Å². The van der Waals surface area contributed by atoms with E-state index in [9.17, 15) is 4.79 Å². The standard InChI is InChI=1S/C16H22BrN5O/c1-11(2)22-10-12(17)8-13(22)16(23)21-7-4-18-9-14(21)15-19-5-6-20(15)3/h5-6,8,10-11,14,18H,4,7,9H2,1-3H3. The minimum absolute atomic E-state index is 0.0504. The van der Waals surface area contributed by atoms with Gasteiger partial charge in [0.15, 0.2) is 0 Å². The Hall–Kier alpha value is -1.60. The molecule has 23 heavy (non-hydrogen) atoms. The van der Waals surface area contributed by atoms with Crippen molar-refractivity contribution >= 4 is 21.8 Å². The summed E-state index contributed by atoms with van der Waals surface area (Å²) in [7, 11) is 1.97. The second kappa shape index (κ2) is 6.49. The summed E-state index contributed by atoms with van der Waals surface area (Å²) in [5.41, 5.74) is 0.716. The maximum absolute atomic E-state index is 13.2. The third-order valence-electron chi connectivity index (χ3n) is 4.25. The summed E-state index contributed by atoms with van der Waals surface area (Å²) in [6, 6.07) is 2.08. The van der Waals surface area contributed by atoms with Crippen LogP contribution in [0.3, 0.4) is 0 Å². The predicted molar refractivity (Wildman–Crippen MR) is 92.4 cm³/mol. The maximum atomic E-state index is 13.2. The van der Waals surface area contributed by atoms with Crippen molar-refractivity contribution in [2.75, 3.05) is 19.6 Å². The minimum Gasteiger partial charge on any atom is -0.340 e. The van der Waals surface area contributed by atoms with E-state index in [2.05, 4.69) is 40.1 Å². The lowest BCUT2D eigenvalue weighted by atomic mass is 10.1. The molecule has 0 radical (unpaired) electrons. The summed E-state index contributed by atoms with van der Waals surface area (Å²) in [6.45, 7) is 6.36. The van der Waals surface area contributed by atoms with Crippen LogP contribution in [-0.2, 0) is 7.05 Å². The zero-order chi connectivity index (χ0) is 16.6. The molecule has 124 valence electrons. The van der Waals surface area contributed by atoms with E-state index in [0.29, 0.717) is 12.2 Å². The first-order chi connectivity index (χ1) is 11.0. The van der Waals surface area contributed by atoms with Gasteiger partial charge in [-0.2, -0.15) is 0 Å². The van der Waals surface area contributed by atoms with Gasteiger partial charge in [-0.3, -0.25) is 4.79 Å². The van der Waals surface area contributed by atoms with E-state index in [4.69, 9.17) is 0 Å². The molecule has 1 amide bonds. The molecule has 2 aromatic heterocycles. The van der Waals surface area contributed by atoms with Crippen LogP contribution in [0.15, 0.2) is 29.1 Å². The van der Waals surface area contributed by atoms with Crippen LogP contribution in [0.1, 0.15) is 42.2 Å². The van der Waals surface area contributed by atoms with E-state index in [1.165, 1.54) is 0 Å². The first-order valence-corrected chi connectivity index (χ1v) is 8.64. The molecular weight excluding hydrogens is 358 g/mol.